The number of rotatable bonds is 3. The SMILES string of the molecule is c1ccc2c(c1)Sc1ccc(N(c3ccc4c(c3)sc3cc5ccccc5cc34)c3cccc4ccccc34)cc1C21c2ccccc2-c2cccc3cccc1c23. The predicted octanol–water partition coefficient (Wildman–Crippen LogP) is 15.8. The van der Waals surface area contributed by atoms with Gasteiger partial charge in [0.05, 0.1) is 11.1 Å². The van der Waals surface area contributed by atoms with E-state index in [1.165, 1.54) is 101 Å². The fourth-order valence-electron chi connectivity index (χ4n) is 10.2. The minimum absolute atomic E-state index is 0.528. The molecule has 0 fully saturated rings. The number of fused-ring (bicyclic) bond motifs is 13. The van der Waals surface area contributed by atoms with Crippen LogP contribution in [0.15, 0.2) is 210 Å². The topological polar surface area (TPSA) is 3.24 Å². The molecule has 1 atom stereocenters. The molecule has 0 radical (unpaired) electrons. The summed E-state index contributed by atoms with van der Waals surface area (Å²) in [6.45, 7) is 0. The van der Waals surface area contributed by atoms with Gasteiger partial charge in [0.1, 0.15) is 0 Å². The summed E-state index contributed by atoms with van der Waals surface area (Å²) in [5.41, 5.74) is 10.9. The molecular formula is C55H33NS2. The van der Waals surface area contributed by atoms with Crippen LogP contribution in [0, 0.1) is 0 Å². The van der Waals surface area contributed by atoms with Crippen molar-refractivity contribution in [2.45, 2.75) is 15.2 Å². The highest BCUT2D eigenvalue weighted by molar-refractivity contribution is 7.99. The second kappa shape index (κ2) is 12.2. The zero-order chi connectivity index (χ0) is 38.0. The van der Waals surface area contributed by atoms with Crippen LogP contribution < -0.4 is 4.90 Å². The van der Waals surface area contributed by atoms with Crippen LogP contribution in [-0.4, -0.2) is 0 Å². The smallest absolute Gasteiger partial charge is 0.0736 e. The van der Waals surface area contributed by atoms with Crippen LogP contribution >= 0.6 is 23.1 Å². The number of thiophene rings is 1. The molecule has 58 heavy (non-hydrogen) atoms. The second-order valence-corrected chi connectivity index (χ2v) is 17.8. The minimum atomic E-state index is -0.528. The molecule has 0 N–H and O–H groups in total. The lowest BCUT2D eigenvalue weighted by molar-refractivity contribution is 0.707. The van der Waals surface area contributed by atoms with Gasteiger partial charge in [0, 0.05) is 46.7 Å². The van der Waals surface area contributed by atoms with E-state index in [2.05, 4.69) is 205 Å². The van der Waals surface area contributed by atoms with Gasteiger partial charge in [-0.25, -0.2) is 0 Å². The van der Waals surface area contributed by atoms with Gasteiger partial charge in [-0.3, -0.25) is 0 Å². The lowest BCUT2D eigenvalue weighted by Gasteiger charge is -2.46. The van der Waals surface area contributed by atoms with E-state index in [9.17, 15) is 0 Å². The van der Waals surface area contributed by atoms with Crippen LogP contribution in [0.3, 0.4) is 0 Å². The molecule has 1 aliphatic heterocycles. The molecule has 3 heteroatoms. The van der Waals surface area contributed by atoms with Gasteiger partial charge >= 0.3 is 0 Å². The molecule has 1 unspecified atom stereocenters. The van der Waals surface area contributed by atoms with E-state index in [0.29, 0.717) is 0 Å². The lowest BCUT2D eigenvalue weighted by Crippen LogP contribution is -2.36. The molecule has 0 saturated heterocycles. The van der Waals surface area contributed by atoms with Crippen LogP contribution in [0.25, 0.3) is 63.6 Å². The average Bonchev–Trinajstić information content (AvgIpc) is 3.63. The number of hydrogen-bond acceptors (Lipinski definition) is 3. The van der Waals surface area contributed by atoms with Gasteiger partial charge in [0.15, 0.2) is 0 Å². The summed E-state index contributed by atoms with van der Waals surface area (Å²) in [5.74, 6) is 0. The number of benzene rings is 10. The van der Waals surface area contributed by atoms with E-state index in [1.54, 1.807) is 0 Å². The first kappa shape index (κ1) is 32.4. The van der Waals surface area contributed by atoms with Crippen molar-refractivity contribution in [1.82, 2.24) is 0 Å². The van der Waals surface area contributed by atoms with Crippen molar-refractivity contribution in [2.24, 2.45) is 0 Å². The van der Waals surface area contributed by atoms with Crippen molar-refractivity contribution in [1.29, 1.82) is 0 Å². The maximum Gasteiger partial charge on any atom is 0.0736 e. The third-order valence-corrected chi connectivity index (χ3v) is 14.9. The molecule has 2 heterocycles. The summed E-state index contributed by atoms with van der Waals surface area (Å²) < 4.78 is 2.61. The maximum absolute atomic E-state index is 2.52. The van der Waals surface area contributed by atoms with Gasteiger partial charge in [-0.05, 0) is 115 Å². The first-order valence-corrected chi connectivity index (χ1v) is 21.5. The Kier molecular flexibility index (Phi) is 6.81. The summed E-state index contributed by atoms with van der Waals surface area (Å²) >= 11 is 3.79. The van der Waals surface area contributed by atoms with Crippen LogP contribution in [0.2, 0.25) is 0 Å². The van der Waals surface area contributed by atoms with E-state index in [0.717, 1.165) is 11.4 Å². The summed E-state index contributed by atoms with van der Waals surface area (Å²) in [5, 5.41) is 10.2. The third kappa shape index (κ3) is 4.43. The fourth-order valence-corrected chi connectivity index (χ4v) is 12.6. The summed E-state index contributed by atoms with van der Waals surface area (Å²) in [4.78, 5) is 5.10. The Morgan fingerprint density at radius 2 is 0.983 bits per heavy atom. The number of nitrogens with zero attached hydrogens (tertiary/aromatic N) is 1. The highest BCUT2D eigenvalue weighted by Gasteiger charge is 2.48. The second-order valence-electron chi connectivity index (χ2n) is 15.6. The van der Waals surface area contributed by atoms with Crippen molar-refractivity contribution in [3.8, 4) is 11.1 Å². The molecule has 11 aromatic rings. The van der Waals surface area contributed by atoms with E-state index in [4.69, 9.17) is 0 Å². The summed E-state index contributed by atoms with van der Waals surface area (Å²) in [6.07, 6.45) is 0. The van der Waals surface area contributed by atoms with E-state index >= 15 is 0 Å². The zero-order valence-corrected chi connectivity index (χ0v) is 32.9. The zero-order valence-electron chi connectivity index (χ0n) is 31.3. The van der Waals surface area contributed by atoms with Gasteiger partial charge in [0.2, 0.25) is 0 Å². The molecule has 1 aliphatic carbocycles. The maximum atomic E-state index is 2.52. The standard InChI is InChI=1S/C55H33NS2/c1-2-14-37-31-52-44(30-36(37)13-1)42-28-26-39(33-53(42)58-52)56(49-24-11-15-34-12-3-4-18-40(34)49)38-27-29-51-48(32-38)55(46-22-7-8-25-50(46)57-51)45-21-6-5-19-41(45)43-20-9-16-35-17-10-23-47(55)54(35)43/h1-33H. The largest absolute Gasteiger partial charge is 0.310 e. The molecule has 1 nitrogen and oxygen atoms in total. The average molecular weight is 772 g/mol. The summed E-state index contributed by atoms with van der Waals surface area (Å²) in [6, 6.07) is 75.3. The monoisotopic (exact) mass is 771 g/mol. The number of hydrogen-bond donors (Lipinski definition) is 0. The van der Waals surface area contributed by atoms with Crippen LogP contribution in [-0.2, 0) is 5.41 Å². The molecular weight excluding hydrogens is 739 g/mol. The fraction of sp³-hybridized carbons (Fsp3) is 0.0182. The molecule has 10 aromatic carbocycles. The third-order valence-electron chi connectivity index (χ3n) is 12.7. The van der Waals surface area contributed by atoms with Crippen molar-refractivity contribution in [3.63, 3.8) is 0 Å². The molecule has 0 bridgehead atoms. The van der Waals surface area contributed by atoms with Gasteiger partial charge in [-0.1, -0.05) is 157 Å². The van der Waals surface area contributed by atoms with Crippen LogP contribution in [0.5, 0.6) is 0 Å². The van der Waals surface area contributed by atoms with Crippen molar-refractivity contribution < 1.29 is 0 Å². The van der Waals surface area contributed by atoms with Crippen LogP contribution in [0.1, 0.15) is 22.3 Å². The summed E-state index contributed by atoms with van der Waals surface area (Å²) in [7, 11) is 0. The quantitative estimate of drug-likeness (QED) is 0.176. The Bertz CT molecular complexity index is 3510. The molecule has 1 spiro atoms. The molecule has 270 valence electrons. The highest BCUT2D eigenvalue weighted by atomic mass is 32.2. The Hall–Kier alpha value is -6.65. The van der Waals surface area contributed by atoms with E-state index in [1.807, 2.05) is 23.1 Å². The Balaban J connectivity index is 1.11. The lowest BCUT2D eigenvalue weighted by atomic mass is 9.59. The molecule has 0 amide bonds. The van der Waals surface area contributed by atoms with Gasteiger partial charge in [-0.2, -0.15) is 0 Å². The molecule has 13 rings (SSSR count). The van der Waals surface area contributed by atoms with Crippen molar-refractivity contribution in [2.75, 3.05) is 4.90 Å². The van der Waals surface area contributed by atoms with E-state index in [-0.39, 0.29) is 0 Å². The molecule has 1 aromatic heterocycles. The van der Waals surface area contributed by atoms with Crippen LogP contribution in [0.4, 0.5) is 17.1 Å². The Morgan fingerprint density at radius 3 is 1.90 bits per heavy atom. The highest BCUT2D eigenvalue weighted by Crippen LogP contribution is 2.62. The normalized spacial score (nSPS) is 15.2. The Morgan fingerprint density at radius 1 is 0.362 bits per heavy atom. The van der Waals surface area contributed by atoms with Gasteiger partial charge in [0.25, 0.3) is 0 Å². The predicted molar refractivity (Wildman–Crippen MR) is 248 cm³/mol. The van der Waals surface area contributed by atoms with E-state index < -0.39 is 5.41 Å². The Labute approximate surface area is 344 Å². The first-order chi connectivity index (χ1) is 28.7. The first-order valence-electron chi connectivity index (χ1n) is 19.9. The van der Waals surface area contributed by atoms with Gasteiger partial charge in [-0.15, -0.1) is 11.3 Å². The number of anilines is 3. The minimum Gasteiger partial charge on any atom is -0.310 e. The van der Waals surface area contributed by atoms with Gasteiger partial charge < -0.3 is 4.90 Å². The van der Waals surface area contributed by atoms with Crippen molar-refractivity contribution in [3.05, 3.63) is 222 Å². The molecule has 0 saturated carbocycles. The van der Waals surface area contributed by atoms with Crippen molar-refractivity contribution >= 4 is 92.7 Å². The molecule has 2 aliphatic rings.